The SMILES string of the molecule is CCN1CCOC(CNc2cc(=O)[nH]c(C3CC3)n2)C1. The summed E-state index contributed by atoms with van der Waals surface area (Å²) in [6.45, 7) is 6.61. The van der Waals surface area contributed by atoms with E-state index < -0.39 is 0 Å². The Kier molecular flexibility index (Phi) is 4.03. The summed E-state index contributed by atoms with van der Waals surface area (Å²) in [7, 11) is 0. The molecule has 0 bridgehead atoms. The van der Waals surface area contributed by atoms with Crippen molar-refractivity contribution >= 4 is 5.82 Å². The van der Waals surface area contributed by atoms with Gasteiger partial charge in [0.2, 0.25) is 0 Å². The van der Waals surface area contributed by atoms with Crippen LogP contribution in [0.3, 0.4) is 0 Å². The topological polar surface area (TPSA) is 70.2 Å². The average Bonchev–Trinajstić information content (AvgIpc) is 3.29. The summed E-state index contributed by atoms with van der Waals surface area (Å²) < 4.78 is 5.73. The maximum absolute atomic E-state index is 11.6. The lowest BCUT2D eigenvalue weighted by atomic mass is 10.2. The molecule has 6 nitrogen and oxygen atoms in total. The maximum Gasteiger partial charge on any atom is 0.252 e. The molecule has 1 atom stereocenters. The third-order valence-electron chi connectivity index (χ3n) is 3.91. The van der Waals surface area contributed by atoms with E-state index in [1.807, 2.05) is 0 Å². The van der Waals surface area contributed by atoms with Crippen molar-refractivity contribution in [3.8, 4) is 0 Å². The van der Waals surface area contributed by atoms with Gasteiger partial charge in [0.1, 0.15) is 11.6 Å². The molecule has 1 unspecified atom stereocenters. The Hall–Kier alpha value is -1.40. The van der Waals surface area contributed by atoms with Gasteiger partial charge in [-0.25, -0.2) is 4.98 Å². The van der Waals surface area contributed by atoms with E-state index in [2.05, 4.69) is 27.1 Å². The fourth-order valence-corrected chi connectivity index (χ4v) is 2.53. The second-order valence-electron chi connectivity index (χ2n) is 5.56. The second-order valence-corrected chi connectivity index (χ2v) is 5.56. The van der Waals surface area contributed by atoms with E-state index >= 15 is 0 Å². The minimum absolute atomic E-state index is 0.0795. The van der Waals surface area contributed by atoms with Gasteiger partial charge in [0.15, 0.2) is 0 Å². The van der Waals surface area contributed by atoms with Crippen molar-refractivity contribution in [2.75, 3.05) is 38.1 Å². The van der Waals surface area contributed by atoms with Crippen molar-refractivity contribution in [3.05, 3.63) is 22.2 Å². The first-order valence-corrected chi connectivity index (χ1v) is 7.43. The summed E-state index contributed by atoms with van der Waals surface area (Å²) >= 11 is 0. The Labute approximate surface area is 118 Å². The van der Waals surface area contributed by atoms with E-state index in [0.29, 0.717) is 18.3 Å². The molecule has 0 radical (unpaired) electrons. The number of nitrogens with one attached hydrogen (secondary N) is 2. The molecule has 1 saturated heterocycles. The minimum atomic E-state index is -0.0795. The summed E-state index contributed by atoms with van der Waals surface area (Å²) in [6, 6.07) is 1.52. The van der Waals surface area contributed by atoms with Crippen LogP contribution in [-0.2, 0) is 4.74 Å². The quantitative estimate of drug-likeness (QED) is 0.833. The average molecular weight is 278 g/mol. The summed E-state index contributed by atoms with van der Waals surface area (Å²) in [4.78, 5) is 21.3. The van der Waals surface area contributed by atoms with Crippen molar-refractivity contribution in [1.82, 2.24) is 14.9 Å². The van der Waals surface area contributed by atoms with Crippen molar-refractivity contribution < 1.29 is 4.74 Å². The third kappa shape index (κ3) is 3.37. The second kappa shape index (κ2) is 5.93. The van der Waals surface area contributed by atoms with Crippen LogP contribution >= 0.6 is 0 Å². The standard InChI is InChI=1S/C14H22N4O2/c1-2-18-5-6-20-11(9-18)8-15-12-7-13(19)17-14(16-12)10-3-4-10/h7,10-11H,2-6,8-9H2,1H3,(H2,15,16,17,19). The van der Waals surface area contributed by atoms with Crippen molar-refractivity contribution in [3.63, 3.8) is 0 Å². The number of ether oxygens (including phenoxy) is 1. The fraction of sp³-hybridized carbons (Fsp3) is 0.714. The molecule has 1 saturated carbocycles. The van der Waals surface area contributed by atoms with Crippen LogP contribution in [0.2, 0.25) is 0 Å². The molecule has 1 aromatic rings. The number of H-pyrrole nitrogens is 1. The fourth-order valence-electron chi connectivity index (χ4n) is 2.53. The molecule has 1 aromatic heterocycles. The maximum atomic E-state index is 11.6. The molecule has 2 heterocycles. The number of nitrogens with zero attached hydrogens (tertiary/aromatic N) is 2. The molecule has 2 aliphatic rings. The van der Waals surface area contributed by atoms with Crippen LogP contribution in [0.25, 0.3) is 0 Å². The van der Waals surface area contributed by atoms with Gasteiger partial charge in [-0.1, -0.05) is 6.92 Å². The predicted molar refractivity (Wildman–Crippen MR) is 77.2 cm³/mol. The molecule has 2 N–H and O–H groups in total. The lowest BCUT2D eigenvalue weighted by Gasteiger charge is -2.32. The van der Waals surface area contributed by atoms with E-state index in [1.165, 1.54) is 6.07 Å². The summed E-state index contributed by atoms with van der Waals surface area (Å²) in [6.07, 6.45) is 2.42. The highest BCUT2D eigenvalue weighted by Crippen LogP contribution is 2.37. The Morgan fingerprint density at radius 1 is 1.55 bits per heavy atom. The number of hydrogen-bond acceptors (Lipinski definition) is 5. The minimum Gasteiger partial charge on any atom is -0.374 e. The first kappa shape index (κ1) is 13.6. The van der Waals surface area contributed by atoms with Crippen LogP contribution in [0.1, 0.15) is 31.5 Å². The molecule has 6 heteroatoms. The van der Waals surface area contributed by atoms with E-state index in [9.17, 15) is 4.79 Å². The first-order chi connectivity index (χ1) is 9.74. The number of anilines is 1. The molecule has 110 valence electrons. The zero-order chi connectivity index (χ0) is 13.9. The van der Waals surface area contributed by atoms with E-state index in [0.717, 1.165) is 44.9 Å². The largest absolute Gasteiger partial charge is 0.374 e. The lowest BCUT2D eigenvalue weighted by Crippen LogP contribution is -2.45. The van der Waals surface area contributed by atoms with Crippen LogP contribution in [0, 0.1) is 0 Å². The molecule has 0 aromatic carbocycles. The van der Waals surface area contributed by atoms with Gasteiger partial charge in [0.05, 0.1) is 12.7 Å². The zero-order valence-corrected chi connectivity index (χ0v) is 11.9. The van der Waals surface area contributed by atoms with Gasteiger partial charge >= 0.3 is 0 Å². The normalized spacial score (nSPS) is 23.8. The highest BCUT2D eigenvalue weighted by atomic mass is 16.5. The van der Waals surface area contributed by atoms with E-state index in [4.69, 9.17) is 4.74 Å². The van der Waals surface area contributed by atoms with Crippen molar-refractivity contribution in [2.45, 2.75) is 31.8 Å². The number of aromatic nitrogens is 2. The predicted octanol–water partition coefficient (Wildman–Crippen LogP) is 0.780. The lowest BCUT2D eigenvalue weighted by molar-refractivity contribution is -0.0192. The van der Waals surface area contributed by atoms with Gasteiger partial charge in [0.25, 0.3) is 5.56 Å². The van der Waals surface area contributed by atoms with Gasteiger partial charge in [-0.15, -0.1) is 0 Å². The van der Waals surface area contributed by atoms with Crippen molar-refractivity contribution in [1.29, 1.82) is 0 Å². The van der Waals surface area contributed by atoms with Gasteiger partial charge in [0, 0.05) is 31.6 Å². The number of morpholine rings is 1. The van der Waals surface area contributed by atoms with Crippen LogP contribution in [0.15, 0.2) is 10.9 Å². The van der Waals surface area contributed by atoms with Crippen molar-refractivity contribution in [2.24, 2.45) is 0 Å². The number of rotatable bonds is 5. The summed E-state index contributed by atoms with van der Waals surface area (Å²) in [5, 5.41) is 3.24. The molecule has 0 amide bonds. The molecule has 20 heavy (non-hydrogen) atoms. The zero-order valence-electron chi connectivity index (χ0n) is 11.9. The Morgan fingerprint density at radius 3 is 3.15 bits per heavy atom. The van der Waals surface area contributed by atoms with Gasteiger partial charge < -0.3 is 15.0 Å². The molecular formula is C14H22N4O2. The molecular weight excluding hydrogens is 256 g/mol. The first-order valence-electron chi connectivity index (χ1n) is 7.43. The highest BCUT2D eigenvalue weighted by Gasteiger charge is 2.26. The van der Waals surface area contributed by atoms with Gasteiger partial charge in [-0.05, 0) is 19.4 Å². The van der Waals surface area contributed by atoms with Crippen LogP contribution < -0.4 is 10.9 Å². The Bertz CT molecular complexity index is 512. The molecule has 2 fully saturated rings. The Balaban J connectivity index is 1.59. The molecule has 0 spiro atoms. The van der Waals surface area contributed by atoms with E-state index in [1.54, 1.807) is 0 Å². The summed E-state index contributed by atoms with van der Waals surface area (Å²) in [5.74, 6) is 1.93. The van der Waals surface area contributed by atoms with Crippen LogP contribution in [-0.4, -0.2) is 53.8 Å². The molecule has 3 rings (SSSR count). The smallest absolute Gasteiger partial charge is 0.252 e. The molecule has 1 aliphatic carbocycles. The molecule has 1 aliphatic heterocycles. The van der Waals surface area contributed by atoms with E-state index in [-0.39, 0.29) is 11.7 Å². The van der Waals surface area contributed by atoms with Gasteiger partial charge in [-0.2, -0.15) is 0 Å². The Morgan fingerprint density at radius 2 is 2.40 bits per heavy atom. The number of hydrogen-bond donors (Lipinski definition) is 2. The number of aromatic amines is 1. The third-order valence-corrected chi connectivity index (χ3v) is 3.91. The summed E-state index contributed by atoms with van der Waals surface area (Å²) in [5.41, 5.74) is -0.0795. The van der Waals surface area contributed by atoms with Crippen LogP contribution in [0.4, 0.5) is 5.82 Å². The number of likely N-dealkylation sites (N-methyl/N-ethyl adjacent to an activating group) is 1. The van der Waals surface area contributed by atoms with Gasteiger partial charge in [-0.3, -0.25) is 9.69 Å². The van der Waals surface area contributed by atoms with Crippen LogP contribution in [0.5, 0.6) is 0 Å². The highest BCUT2D eigenvalue weighted by molar-refractivity contribution is 5.34. The monoisotopic (exact) mass is 278 g/mol.